The molecule has 0 amide bonds. The number of carbonyl (C=O) groups is 2. The lowest BCUT2D eigenvalue weighted by Crippen LogP contribution is -2.30. The van der Waals surface area contributed by atoms with Gasteiger partial charge in [-0.15, -0.1) is 0 Å². The van der Waals surface area contributed by atoms with Crippen molar-refractivity contribution in [3.8, 4) is 17.2 Å². The van der Waals surface area contributed by atoms with E-state index in [2.05, 4.69) is 11.4 Å². The van der Waals surface area contributed by atoms with Crippen molar-refractivity contribution in [2.45, 2.75) is 39.7 Å². The van der Waals surface area contributed by atoms with Gasteiger partial charge in [-0.25, -0.2) is 4.79 Å². The van der Waals surface area contributed by atoms with Crippen LogP contribution in [0.15, 0.2) is 65.0 Å². The zero-order valence-corrected chi connectivity index (χ0v) is 17.4. The van der Waals surface area contributed by atoms with E-state index >= 15 is 0 Å². The summed E-state index contributed by atoms with van der Waals surface area (Å²) in [7, 11) is 0. The van der Waals surface area contributed by atoms with Crippen molar-refractivity contribution in [3.63, 3.8) is 0 Å². The Morgan fingerprint density at radius 3 is 2.37 bits per heavy atom. The lowest BCUT2D eigenvalue weighted by Gasteiger charge is -2.30. The van der Waals surface area contributed by atoms with E-state index in [4.69, 9.17) is 4.74 Å². The van der Waals surface area contributed by atoms with Crippen LogP contribution in [0.2, 0.25) is 0 Å². The first kappa shape index (κ1) is 19.7. The van der Waals surface area contributed by atoms with Crippen LogP contribution in [0.3, 0.4) is 0 Å². The second kappa shape index (κ2) is 7.31. The van der Waals surface area contributed by atoms with E-state index in [-0.39, 0.29) is 11.9 Å². The number of nitriles is 1. The lowest BCUT2D eigenvalue weighted by atomic mass is 9.78. The van der Waals surface area contributed by atoms with Crippen LogP contribution in [0.1, 0.15) is 55.1 Å². The molecule has 0 radical (unpaired) electrons. The number of hydrogen-bond donors (Lipinski definition) is 1. The normalized spacial score (nSPS) is 17.5. The second-order valence-electron chi connectivity index (χ2n) is 7.85. The van der Waals surface area contributed by atoms with Crippen LogP contribution in [0, 0.1) is 11.3 Å². The molecule has 0 spiro atoms. The Kier molecular flexibility index (Phi) is 4.79. The Bertz CT molecular complexity index is 1200. The number of fused-ring (bicyclic) bond motifs is 3. The highest BCUT2D eigenvalue weighted by Gasteiger charge is 2.38. The number of rotatable bonds is 3. The van der Waals surface area contributed by atoms with Crippen molar-refractivity contribution in [1.29, 1.82) is 5.26 Å². The maximum absolute atomic E-state index is 13.1. The number of ketones is 1. The third-order valence-corrected chi connectivity index (χ3v) is 5.54. The van der Waals surface area contributed by atoms with Gasteiger partial charge in [0.15, 0.2) is 5.78 Å². The fraction of sp³-hybridized carbons (Fsp3) is 0.240. The van der Waals surface area contributed by atoms with Gasteiger partial charge in [-0.3, -0.25) is 4.79 Å². The predicted octanol–water partition coefficient (Wildman–Crippen LogP) is 4.61. The predicted molar refractivity (Wildman–Crippen MR) is 113 cm³/mol. The van der Waals surface area contributed by atoms with Gasteiger partial charge in [0.25, 0.3) is 0 Å². The number of ether oxygens (including phenoxy) is 1. The Morgan fingerprint density at radius 2 is 1.70 bits per heavy atom. The first-order valence-corrected chi connectivity index (χ1v) is 9.91. The summed E-state index contributed by atoms with van der Waals surface area (Å²) in [5, 5.41) is 13.1. The summed E-state index contributed by atoms with van der Waals surface area (Å²) in [4.78, 5) is 26.0. The van der Waals surface area contributed by atoms with E-state index in [0.29, 0.717) is 33.7 Å². The number of benzene rings is 2. The van der Waals surface area contributed by atoms with Crippen LogP contribution in [0.4, 0.5) is 0 Å². The maximum Gasteiger partial charge on any atom is 0.337 e. The van der Waals surface area contributed by atoms with Gasteiger partial charge in [0, 0.05) is 22.5 Å². The summed E-state index contributed by atoms with van der Waals surface area (Å²) >= 11 is 0. The number of dihydropyridines is 1. The van der Waals surface area contributed by atoms with Crippen LogP contribution in [0.25, 0.3) is 11.1 Å². The number of nitrogens with zero attached hydrogens (tertiary/aromatic N) is 1. The molecule has 2 aromatic carbocycles. The van der Waals surface area contributed by atoms with Crippen LogP contribution >= 0.6 is 0 Å². The molecule has 2 aliphatic rings. The van der Waals surface area contributed by atoms with E-state index in [1.807, 2.05) is 50.2 Å². The van der Waals surface area contributed by atoms with Gasteiger partial charge in [-0.05, 0) is 44.4 Å². The van der Waals surface area contributed by atoms with Gasteiger partial charge >= 0.3 is 5.97 Å². The molecule has 1 aliphatic heterocycles. The number of hydrogen-bond acceptors (Lipinski definition) is 5. The summed E-state index contributed by atoms with van der Waals surface area (Å²) in [6.07, 6.45) is -0.292. The molecule has 0 saturated heterocycles. The van der Waals surface area contributed by atoms with E-state index < -0.39 is 11.9 Å². The third kappa shape index (κ3) is 2.93. The molecule has 1 aliphatic carbocycles. The third-order valence-electron chi connectivity index (χ3n) is 5.54. The number of esters is 1. The van der Waals surface area contributed by atoms with Crippen molar-refractivity contribution >= 4 is 11.8 Å². The first-order chi connectivity index (χ1) is 14.3. The molecule has 5 nitrogen and oxygen atoms in total. The molecule has 150 valence electrons. The summed E-state index contributed by atoms with van der Waals surface area (Å²) in [5.74, 6) is -1.12. The van der Waals surface area contributed by atoms with E-state index in [0.717, 1.165) is 16.7 Å². The highest BCUT2D eigenvalue weighted by molar-refractivity contribution is 6.22. The standard InChI is InChI=1S/C25H22N2O3/c1-13(2)30-25(29)21-15(4)27-14(3)20(12-26)23(21)18-10-7-11-19-22(18)16-8-5-6-9-17(16)24(19)28/h5-11,13,23,27H,1-4H3/t23-/m1/s1. The fourth-order valence-electron chi connectivity index (χ4n) is 4.35. The molecular formula is C25H22N2O3. The molecule has 1 atom stereocenters. The Labute approximate surface area is 175 Å². The topological polar surface area (TPSA) is 79.2 Å². The van der Waals surface area contributed by atoms with Crippen molar-refractivity contribution in [2.75, 3.05) is 0 Å². The second-order valence-corrected chi connectivity index (χ2v) is 7.85. The molecule has 2 aromatic rings. The lowest BCUT2D eigenvalue weighted by molar-refractivity contribution is -0.143. The van der Waals surface area contributed by atoms with Crippen molar-refractivity contribution < 1.29 is 14.3 Å². The molecule has 0 fully saturated rings. The summed E-state index contributed by atoms with van der Waals surface area (Å²) < 4.78 is 5.51. The van der Waals surface area contributed by atoms with Gasteiger partial charge < -0.3 is 10.1 Å². The molecule has 0 aromatic heterocycles. The quantitative estimate of drug-likeness (QED) is 0.652. The molecule has 4 rings (SSSR count). The molecule has 0 unspecified atom stereocenters. The number of allylic oxidation sites excluding steroid dienone is 3. The van der Waals surface area contributed by atoms with E-state index in [1.165, 1.54) is 0 Å². The average Bonchev–Trinajstić information content (AvgIpc) is 3.00. The average molecular weight is 398 g/mol. The largest absolute Gasteiger partial charge is 0.460 e. The smallest absolute Gasteiger partial charge is 0.337 e. The van der Waals surface area contributed by atoms with Gasteiger partial charge in [0.05, 0.1) is 29.2 Å². The highest BCUT2D eigenvalue weighted by Crippen LogP contribution is 2.47. The molecule has 30 heavy (non-hydrogen) atoms. The van der Waals surface area contributed by atoms with Crippen molar-refractivity contribution in [2.24, 2.45) is 0 Å². The molecular weight excluding hydrogens is 376 g/mol. The molecule has 1 N–H and O–H groups in total. The monoisotopic (exact) mass is 398 g/mol. The van der Waals surface area contributed by atoms with Crippen LogP contribution in [-0.4, -0.2) is 17.9 Å². The molecule has 5 heteroatoms. The Balaban J connectivity index is 1.99. The summed E-state index contributed by atoms with van der Waals surface area (Å²) in [6, 6.07) is 15.2. The first-order valence-electron chi connectivity index (χ1n) is 9.91. The zero-order chi connectivity index (χ0) is 21.6. The number of nitrogens with one attached hydrogen (secondary N) is 1. The molecule has 1 heterocycles. The van der Waals surface area contributed by atoms with E-state index in [9.17, 15) is 14.9 Å². The molecule has 0 bridgehead atoms. The molecule has 0 saturated carbocycles. The van der Waals surface area contributed by atoms with Crippen molar-refractivity contribution in [3.05, 3.63) is 81.7 Å². The minimum absolute atomic E-state index is 0.0393. The zero-order valence-electron chi connectivity index (χ0n) is 17.4. The minimum Gasteiger partial charge on any atom is -0.460 e. The summed E-state index contributed by atoms with van der Waals surface area (Å²) in [6.45, 7) is 7.21. The van der Waals surface area contributed by atoms with E-state index in [1.54, 1.807) is 19.9 Å². The van der Waals surface area contributed by atoms with Crippen molar-refractivity contribution in [1.82, 2.24) is 5.32 Å². The van der Waals surface area contributed by atoms with Gasteiger partial charge in [0.1, 0.15) is 0 Å². The van der Waals surface area contributed by atoms with Crippen LogP contribution < -0.4 is 5.32 Å². The maximum atomic E-state index is 13.1. The van der Waals surface area contributed by atoms with Crippen LogP contribution in [0.5, 0.6) is 0 Å². The van der Waals surface area contributed by atoms with Gasteiger partial charge in [-0.1, -0.05) is 42.5 Å². The highest BCUT2D eigenvalue weighted by atomic mass is 16.5. The van der Waals surface area contributed by atoms with Gasteiger partial charge in [0.2, 0.25) is 0 Å². The minimum atomic E-state index is -0.614. The fourth-order valence-corrected chi connectivity index (χ4v) is 4.35. The Morgan fingerprint density at radius 1 is 1.03 bits per heavy atom. The SMILES string of the molecule is CC1=C(C#N)[C@@H](c2cccc3c2-c2ccccc2C3=O)C(C(=O)OC(C)C)=C(C)N1. The van der Waals surface area contributed by atoms with Gasteiger partial charge in [-0.2, -0.15) is 5.26 Å². The Hall–Kier alpha value is -3.65. The van der Waals surface area contributed by atoms with Crippen LogP contribution in [-0.2, 0) is 9.53 Å². The number of carbonyl (C=O) groups excluding carboxylic acids is 2. The summed E-state index contributed by atoms with van der Waals surface area (Å²) in [5.41, 5.74) is 5.80.